The maximum atomic E-state index is 14.1. The van der Waals surface area contributed by atoms with Crippen molar-refractivity contribution < 1.29 is 52.4 Å². The van der Waals surface area contributed by atoms with Gasteiger partial charge in [0.15, 0.2) is 6.29 Å². The van der Waals surface area contributed by atoms with Gasteiger partial charge >= 0.3 is 13.7 Å². The highest BCUT2D eigenvalue weighted by atomic mass is 31.2. The molecule has 0 aromatic heterocycles. The van der Waals surface area contributed by atoms with Crippen molar-refractivity contribution in [2.45, 2.75) is 44.5 Å². The largest absolute Gasteiger partial charge is 0.497 e. The van der Waals surface area contributed by atoms with Gasteiger partial charge in [0.05, 0.1) is 20.3 Å². The van der Waals surface area contributed by atoms with Gasteiger partial charge in [-0.1, -0.05) is 0 Å². The first-order valence-corrected chi connectivity index (χ1v) is 12.3. The third-order valence-electron chi connectivity index (χ3n) is 5.07. The number of methoxy groups -OCH3 is 2. The summed E-state index contributed by atoms with van der Waals surface area (Å²) in [6.07, 6.45) is -5.32. The first kappa shape index (κ1) is 29.0. The second kappa shape index (κ2) is 13.2. The fraction of sp³-hybridized carbons (Fsp3) is 0.619. The van der Waals surface area contributed by atoms with Gasteiger partial charge in [0.2, 0.25) is 5.91 Å². The molecule has 0 saturated carbocycles. The molecule has 1 fully saturated rings. The minimum atomic E-state index is -4.41. The molecule has 1 aliphatic heterocycles. The number of ether oxygens (including phenoxy) is 4. The summed E-state index contributed by atoms with van der Waals surface area (Å²) in [6, 6.07) is 4.95. The Hall–Kier alpha value is -2.25. The highest BCUT2D eigenvalue weighted by molar-refractivity contribution is 7.51. The normalized spacial score (nSPS) is 26.0. The van der Waals surface area contributed by atoms with Crippen LogP contribution in [0, 0.1) is 0 Å². The van der Waals surface area contributed by atoms with Crippen LogP contribution >= 0.6 is 7.75 Å². The van der Waals surface area contributed by atoms with Gasteiger partial charge in [-0.2, -0.15) is 4.67 Å². The number of benzene rings is 1. The van der Waals surface area contributed by atoms with E-state index < -0.39 is 63.4 Å². The molecule has 1 aromatic rings. The molecule has 1 unspecified atom stereocenters. The summed E-state index contributed by atoms with van der Waals surface area (Å²) in [5, 5.41) is 23.1. The number of hydrogen-bond acceptors (Lipinski definition) is 11. The van der Waals surface area contributed by atoms with E-state index in [0.717, 1.165) is 4.67 Å². The van der Waals surface area contributed by atoms with Crippen molar-refractivity contribution >= 4 is 19.6 Å². The molecule has 3 N–H and O–H groups in total. The lowest BCUT2D eigenvalue weighted by atomic mass is 9.97. The maximum absolute atomic E-state index is 14.1. The highest BCUT2D eigenvalue weighted by Crippen LogP contribution is 2.53. The van der Waals surface area contributed by atoms with Gasteiger partial charge in [0, 0.05) is 14.0 Å². The molecule has 198 valence electrons. The molecule has 0 radical (unpaired) electrons. The molecule has 1 aliphatic rings. The minimum absolute atomic E-state index is 0.105. The average molecular weight is 520 g/mol. The number of amides is 1. The Labute approximate surface area is 203 Å². The van der Waals surface area contributed by atoms with Crippen LogP contribution in [0.25, 0.3) is 0 Å². The number of likely N-dealkylation sites (N-methyl/N-ethyl adjacent to an activating group) is 1. The van der Waals surface area contributed by atoms with Crippen LogP contribution in [-0.4, -0.2) is 98.4 Å². The van der Waals surface area contributed by atoms with Crippen LogP contribution in [0.2, 0.25) is 0 Å². The summed E-state index contributed by atoms with van der Waals surface area (Å²) in [6.45, 7) is 1.87. The van der Waals surface area contributed by atoms with Crippen LogP contribution in [0.3, 0.4) is 0 Å². The molecule has 13 nitrogen and oxygen atoms in total. The van der Waals surface area contributed by atoms with Gasteiger partial charge in [0.1, 0.15) is 42.4 Å². The van der Waals surface area contributed by atoms with Gasteiger partial charge in [-0.3, -0.25) is 14.1 Å². The monoisotopic (exact) mass is 520 g/mol. The molecule has 1 saturated heterocycles. The Morgan fingerprint density at radius 2 is 1.83 bits per heavy atom. The quantitative estimate of drug-likeness (QED) is 0.255. The van der Waals surface area contributed by atoms with Crippen LogP contribution in [0.5, 0.6) is 11.5 Å². The van der Waals surface area contributed by atoms with Crippen LogP contribution < -0.4 is 14.6 Å². The molecule has 0 aliphatic carbocycles. The van der Waals surface area contributed by atoms with E-state index in [4.69, 9.17) is 28.0 Å². The average Bonchev–Trinajstić information content (AvgIpc) is 2.82. The zero-order chi connectivity index (χ0) is 26.2. The summed E-state index contributed by atoms with van der Waals surface area (Å²) >= 11 is 0. The van der Waals surface area contributed by atoms with Crippen molar-refractivity contribution in [2.75, 3.05) is 41.0 Å². The van der Waals surface area contributed by atoms with E-state index in [0.29, 0.717) is 5.75 Å². The van der Waals surface area contributed by atoms with Crippen LogP contribution in [0.4, 0.5) is 0 Å². The van der Waals surface area contributed by atoms with Crippen LogP contribution in [-0.2, 0) is 32.9 Å². The number of carbonyl (C=O) groups is 2. The number of nitrogens with one attached hydrogen (secondary N) is 1. The number of hydrogen-bond donors (Lipinski definition) is 3. The van der Waals surface area contributed by atoms with E-state index in [2.05, 4.69) is 5.32 Å². The number of rotatable bonds is 12. The van der Waals surface area contributed by atoms with Crippen LogP contribution in [0.15, 0.2) is 24.3 Å². The maximum Gasteiger partial charge on any atom is 0.462 e. The second-order valence-electron chi connectivity index (χ2n) is 7.60. The predicted molar refractivity (Wildman–Crippen MR) is 122 cm³/mol. The lowest BCUT2D eigenvalue weighted by Gasteiger charge is -2.44. The summed E-state index contributed by atoms with van der Waals surface area (Å²) in [7, 11) is -0.313. The SMILES string of the molecule is CCOC(=O)CN(C)P(=O)(Oc1ccc(OC)cc1)O[C@H]1[C@H](O)[C@@H](CO)O[C@H](OC)[C@@H]1NC(C)=O. The fourth-order valence-corrected chi connectivity index (χ4v) is 4.94. The topological polar surface area (TPSA) is 162 Å². The van der Waals surface area contributed by atoms with Gasteiger partial charge in [-0.05, 0) is 38.2 Å². The Morgan fingerprint density at radius 3 is 2.34 bits per heavy atom. The standard InChI is InChI=1S/C21H33N2O11P/c1-6-31-17(26)11-23(3)35(28,33-15-9-7-14(29-4)8-10-15)34-20-18(22-13(2)25)21(30-5)32-16(12-24)19(20)27/h7-10,16,18-21,24,27H,6,11-12H2,1-5H3,(H,22,25)/t16-,18-,19-,20-,21+,35?/m1/s1. The van der Waals surface area contributed by atoms with Crippen molar-refractivity contribution in [3.8, 4) is 11.5 Å². The number of nitrogens with zero attached hydrogens (tertiary/aromatic N) is 1. The molecular weight excluding hydrogens is 487 g/mol. The lowest BCUT2D eigenvalue weighted by molar-refractivity contribution is -0.259. The summed E-state index contributed by atoms with van der Waals surface area (Å²) in [5.74, 6) is -0.558. The molecule has 35 heavy (non-hydrogen) atoms. The zero-order valence-corrected chi connectivity index (χ0v) is 21.2. The lowest BCUT2D eigenvalue weighted by Crippen LogP contribution is -2.65. The van der Waals surface area contributed by atoms with Gasteiger partial charge in [-0.25, -0.2) is 4.57 Å². The van der Waals surface area contributed by atoms with Crippen LogP contribution in [0.1, 0.15) is 13.8 Å². The van der Waals surface area contributed by atoms with Gasteiger partial charge in [-0.15, -0.1) is 0 Å². The second-order valence-corrected chi connectivity index (χ2v) is 9.62. The fourth-order valence-electron chi connectivity index (χ4n) is 3.36. The third-order valence-corrected chi connectivity index (χ3v) is 7.00. The molecule has 1 amide bonds. The number of carbonyl (C=O) groups excluding carboxylic acids is 2. The predicted octanol–water partition coefficient (Wildman–Crippen LogP) is 0.291. The summed E-state index contributed by atoms with van der Waals surface area (Å²) in [4.78, 5) is 24.0. The smallest absolute Gasteiger partial charge is 0.462 e. The third kappa shape index (κ3) is 7.61. The van der Waals surface area contributed by atoms with E-state index in [1.165, 1.54) is 40.3 Å². The summed E-state index contributed by atoms with van der Waals surface area (Å²) in [5.41, 5.74) is 0. The molecule has 6 atom stereocenters. The molecule has 1 heterocycles. The Kier molecular flexibility index (Phi) is 10.9. The molecule has 1 aromatic carbocycles. The Bertz CT molecular complexity index is 885. The molecule has 0 bridgehead atoms. The van der Waals surface area contributed by atoms with Crippen molar-refractivity contribution in [3.63, 3.8) is 0 Å². The highest BCUT2D eigenvalue weighted by Gasteiger charge is 2.51. The van der Waals surface area contributed by atoms with E-state index >= 15 is 0 Å². The molecule has 2 rings (SSSR count). The summed E-state index contributed by atoms with van der Waals surface area (Å²) < 4.78 is 47.5. The van der Waals surface area contributed by atoms with E-state index in [1.54, 1.807) is 19.1 Å². The first-order chi connectivity index (χ1) is 16.6. The van der Waals surface area contributed by atoms with E-state index in [-0.39, 0.29) is 12.4 Å². The van der Waals surface area contributed by atoms with Crippen molar-refractivity contribution in [1.29, 1.82) is 0 Å². The van der Waals surface area contributed by atoms with Crippen molar-refractivity contribution in [2.24, 2.45) is 0 Å². The van der Waals surface area contributed by atoms with E-state index in [9.17, 15) is 24.4 Å². The van der Waals surface area contributed by atoms with Crippen molar-refractivity contribution in [3.05, 3.63) is 24.3 Å². The Balaban J connectivity index is 2.45. The number of aliphatic hydroxyl groups excluding tert-OH is 2. The van der Waals surface area contributed by atoms with Crippen molar-refractivity contribution in [1.82, 2.24) is 9.99 Å². The minimum Gasteiger partial charge on any atom is -0.497 e. The molecule has 0 spiro atoms. The van der Waals surface area contributed by atoms with E-state index in [1.807, 2.05) is 0 Å². The Morgan fingerprint density at radius 1 is 1.20 bits per heavy atom. The molecular formula is C21H33N2O11P. The van der Waals surface area contributed by atoms with Gasteiger partial charge in [0.25, 0.3) is 0 Å². The zero-order valence-electron chi connectivity index (χ0n) is 20.3. The number of aliphatic hydroxyl groups is 2. The molecule has 14 heteroatoms. The van der Waals surface area contributed by atoms with Gasteiger partial charge < -0.3 is 39.0 Å². The number of esters is 1. The first-order valence-electron chi connectivity index (χ1n) is 10.8.